The lowest BCUT2D eigenvalue weighted by Gasteiger charge is -2.36. The Bertz CT molecular complexity index is 656. The number of amides is 1. The van der Waals surface area contributed by atoms with Gasteiger partial charge in [0.15, 0.2) is 0 Å². The largest absolute Gasteiger partial charge is 0.313 e. The average Bonchev–Trinajstić information content (AvgIpc) is 2.82. The predicted molar refractivity (Wildman–Crippen MR) is 97.5 cm³/mol. The molecule has 2 rings (SSSR count). The number of nitriles is 1. The molecule has 1 aliphatic rings. The van der Waals surface area contributed by atoms with E-state index < -0.39 is 9.70 Å². The summed E-state index contributed by atoms with van der Waals surface area (Å²) in [6.45, 7) is 6.78. The standard InChI is InChI=1S/C16H19Cl3N2OS/c1-4-15(2,3)9-5-6-10-11(8-20)13(23-12(10)7-9)21-14(22)16(17,18)19/h9H,4-7H2,1-3H3,(H,21,22). The minimum Gasteiger partial charge on any atom is -0.313 e. The van der Waals surface area contributed by atoms with Crippen molar-refractivity contribution < 1.29 is 4.79 Å². The molecular formula is C16H19Cl3N2OS. The summed E-state index contributed by atoms with van der Waals surface area (Å²) in [6.07, 6.45) is 3.95. The summed E-state index contributed by atoms with van der Waals surface area (Å²) in [5.41, 5.74) is 1.82. The van der Waals surface area contributed by atoms with Gasteiger partial charge in [0.25, 0.3) is 9.70 Å². The van der Waals surface area contributed by atoms with Crippen LogP contribution in [-0.4, -0.2) is 9.70 Å². The molecule has 0 fully saturated rings. The summed E-state index contributed by atoms with van der Waals surface area (Å²) in [4.78, 5) is 13.0. The zero-order valence-corrected chi connectivity index (χ0v) is 16.4. The Balaban J connectivity index is 2.30. The van der Waals surface area contributed by atoms with E-state index in [4.69, 9.17) is 34.8 Å². The van der Waals surface area contributed by atoms with Crippen molar-refractivity contribution in [1.82, 2.24) is 0 Å². The molecule has 0 aliphatic heterocycles. The van der Waals surface area contributed by atoms with Crippen LogP contribution in [0.4, 0.5) is 5.00 Å². The van der Waals surface area contributed by atoms with E-state index in [-0.39, 0.29) is 5.41 Å². The van der Waals surface area contributed by atoms with Crippen molar-refractivity contribution in [3.05, 3.63) is 16.0 Å². The van der Waals surface area contributed by atoms with E-state index >= 15 is 0 Å². The Kier molecular flexibility index (Phi) is 5.58. The number of rotatable bonds is 3. The fourth-order valence-corrected chi connectivity index (χ4v) is 4.34. The molecule has 7 heteroatoms. The lowest BCUT2D eigenvalue weighted by atomic mass is 9.69. The first-order chi connectivity index (χ1) is 10.6. The van der Waals surface area contributed by atoms with Crippen LogP contribution in [0, 0.1) is 22.7 Å². The van der Waals surface area contributed by atoms with Gasteiger partial charge in [-0.3, -0.25) is 4.79 Å². The molecule has 1 unspecified atom stereocenters. The Morgan fingerprint density at radius 2 is 2.09 bits per heavy atom. The molecule has 1 N–H and O–H groups in total. The first-order valence-electron chi connectivity index (χ1n) is 7.53. The van der Waals surface area contributed by atoms with Gasteiger partial charge < -0.3 is 5.32 Å². The molecule has 0 spiro atoms. The summed E-state index contributed by atoms with van der Waals surface area (Å²) >= 11 is 18.2. The molecule has 1 aromatic rings. The van der Waals surface area contributed by atoms with Gasteiger partial charge in [0.2, 0.25) is 0 Å². The van der Waals surface area contributed by atoms with Crippen LogP contribution in [0.2, 0.25) is 0 Å². The van der Waals surface area contributed by atoms with Crippen molar-refractivity contribution in [3.63, 3.8) is 0 Å². The maximum Gasteiger partial charge on any atom is 0.277 e. The lowest BCUT2D eigenvalue weighted by molar-refractivity contribution is -0.115. The second-order valence-electron chi connectivity index (χ2n) is 6.55. The number of alkyl halides is 3. The third-order valence-corrected chi connectivity index (χ3v) is 6.56. The molecule has 0 aromatic carbocycles. The van der Waals surface area contributed by atoms with E-state index in [0.717, 1.165) is 31.2 Å². The minimum absolute atomic E-state index is 0.259. The number of fused-ring (bicyclic) bond motifs is 1. The molecular weight excluding hydrogens is 375 g/mol. The number of hydrogen-bond acceptors (Lipinski definition) is 3. The highest BCUT2D eigenvalue weighted by atomic mass is 35.6. The van der Waals surface area contributed by atoms with Gasteiger partial charge in [0, 0.05) is 4.88 Å². The van der Waals surface area contributed by atoms with Crippen molar-refractivity contribution in [2.75, 3.05) is 5.32 Å². The van der Waals surface area contributed by atoms with E-state index in [0.29, 0.717) is 16.5 Å². The van der Waals surface area contributed by atoms with Gasteiger partial charge in [-0.2, -0.15) is 5.26 Å². The van der Waals surface area contributed by atoms with Crippen LogP contribution in [0.25, 0.3) is 0 Å². The molecule has 0 bridgehead atoms. The van der Waals surface area contributed by atoms with E-state index in [9.17, 15) is 10.1 Å². The number of thiophene rings is 1. The van der Waals surface area contributed by atoms with Gasteiger partial charge in [-0.1, -0.05) is 62.0 Å². The van der Waals surface area contributed by atoms with Crippen molar-refractivity contribution in [1.29, 1.82) is 5.26 Å². The van der Waals surface area contributed by atoms with Crippen LogP contribution in [0.3, 0.4) is 0 Å². The summed E-state index contributed by atoms with van der Waals surface area (Å²) in [6, 6.07) is 2.19. The zero-order chi connectivity index (χ0) is 17.4. The Morgan fingerprint density at radius 3 is 2.61 bits per heavy atom. The van der Waals surface area contributed by atoms with Crippen LogP contribution < -0.4 is 5.32 Å². The molecule has 1 amide bonds. The van der Waals surface area contributed by atoms with Crippen LogP contribution >= 0.6 is 46.1 Å². The summed E-state index contributed by atoms with van der Waals surface area (Å²) in [5.74, 6) is -0.162. The van der Waals surface area contributed by atoms with Crippen molar-refractivity contribution >= 4 is 57.0 Å². The second-order valence-corrected chi connectivity index (χ2v) is 9.94. The van der Waals surface area contributed by atoms with E-state index in [1.54, 1.807) is 0 Å². The number of hydrogen-bond donors (Lipinski definition) is 1. The molecule has 3 nitrogen and oxygen atoms in total. The number of halogens is 3. The lowest BCUT2D eigenvalue weighted by Crippen LogP contribution is -2.28. The normalized spacial score (nSPS) is 18.2. The minimum atomic E-state index is -2.04. The third-order valence-electron chi connectivity index (χ3n) is 4.88. The van der Waals surface area contributed by atoms with Crippen molar-refractivity contribution in [2.24, 2.45) is 11.3 Å². The first kappa shape index (κ1) is 18.9. The maximum atomic E-state index is 11.9. The molecule has 1 aliphatic carbocycles. The fraction of sp³-hybridized carbons (Fsp3) is 0.625. The number of nitrogens with one attached hydrogen (secondary N) is 1. The topological polar surface area (TPSA) is 52.9 Å². The van der Waals surface area contributed by atoms with Gasteiger partial charge in [-0.05, 0) is 36.2 Å². The fourth-order valence-electron chi connectivity index (χ4n) is 2.92. The van der Waals surface area contributed by atoms with Gasteiger partial charge in [-0.25, -0.2) is 0 Å². The molecule has 1 atom stereocenters. The van der Waals surface area contributed by atoms with Gasteiger partial charge in [0.1, 0.15) is 11.1 Å². The average molecular weight is 394 g/mol. The summed E-state index contributed by atoms with van der Waals surface area (Å²) in [7, 11) is 0. The number of carbonyl (C=O) groups is 1. The third kappa shape index (κ3) is 3.96. The first-order valence-corrected chi connectivity index (χ1v) is 9.48. The van der Waals surface area contributed by atoms with Gasteiger partial charge in [0.05, 0.1) is 5.56 Å². The molecule has 0 saturated carbocycles. The van der Waals surface area contributed by atoms with E-state index in [1.807, 2.05) is 0 Å². The maximum absolute atomic E-state index is 11.9. The quantitative estimate of drug-likeness (QED) is 0.692. The van der Waals surface area contributed by atoms with Crippen LogP contribution in [0.5, 0.6) is 0 Å². The van der Waals surface area contributed by atoms with Crippen LogP contribution in [0.15, 0.2) is 0 Å². The van der Waals surface area contributed by atoms with Crippen molar-refractivity contribution in [2.45, 2.75) is 50.2 Å². The Hall–Kier alpha value is -0.470. The highest BCUT2D eigenvalue weighted by Crippen LogP contribution is 2.45. The van der Waals surface area contributed by atoms with Gasteiger partial charge >= 0.3 is 0 Å². The zero-order valence-electron chi connectivity index (χ0n) is 13.3. The monoisotopic (exact) mass is 392 g/mol. The smallest absolute Gasteiger partial charge is 0.277 e. The van der Waals surface area contributed by atoms with Crippen LogP contribution in [0.1, 0.15) is 49.6 Å². The van der Waals surface area contributed by atoms with Gasteiger partial charge in [-0.15, -0.1) is 11.3 Å². The number of nitrogens with zero attached hydrogens (tertiary/aromatic N) is 1. The molecule has 1 aromatic heterocycles. The van der Waals surface area contributed by atoms with E-state index in [1.165, 1.54) is 16.2 Å². The molecule has 126 valence electrons. The predicted octanol–water partition coefficient (Wildman–Crippen LogP) is 5.47. The summed E-state index contributed by atoms with van der Waals surface area (Å²) < 4.78 is -2.04. The Labute approximate surface area is 155 Å². The van der Waals surface area contributed by atoms with E-state index in [2.05, 4.69) is 32.2 Å². The summed E-state index contributed by atoms with van der Waals surface area (Å²) in [5, 5.41) is 12.5. The Morgan fingerprint density at radius 1 is 1.43 bits per heavy atom. The number of carbonyl (C=O) groups excluding carboxylic acids is 1. The highest BCUT2D eigenvalue weighted by molar-refractivity contribution is 7.16. The molecule has 0 radical (unpaired) electrons. The SMILES string of the molecule is CCC(C)(C)C1CCc2c(sc(NC(=O)C(Cl)(Cl)Cl)c2C#N)C1. The molecule has 1 heterocycles. The number of anilines is 1. The molecule has 23 heavy (non-hydrogen) atoms. The molecule has 0 saturated heterocycles. The van der Waals surface area contributed by atoms with Crippen molar-refractivity contribution in [3.8, 4) is 6.07 Å². The van der Waals surface area contributed by atoms with Crippen LogP contribution in [-0.2, 0) is 17.6 Å². The highest BCUT2D eigenvalue weighted by Gasteiger charge is 2.36. The second kappa shape index (κ2) is 6.80.